The van der Waals surface area contributed by atoms with Gasteiger partial charge in [0, 0.05) is 6.42 Å². The number of esters is 1. The van der Waals surface area contributed by atoms with Crippen molar-refractivity contribution >= 4 is 11.9 Å². The molecule has 0 aromatic rings. The topological polar surface area (TPSA) is 175 Å². The van der Waals surface area contributed by atoms with Crippen molar-refractivity contribution in [2.24, 2.45) is 0 Å². The molecule has 0 aromatic carbocycles. The number of ether oxygens (including phenoxy) is 3. The number of allylic oxidation sites excluding steroid dienone is 13. The van der Waals surface area contributed by atoms with Crippen LogP contribution in [0.3, 0.4) is 0 Å². The molecule has 1 rings (SSSR count). The van der Waals surface area contributed by atoms with Gasteiger partial charge in [-0.05, 0) is 44.9 Å². The third kappa shape index (κ3) is 34.7. The predicted molar refractivity (Wildman–Crippen MR) is 282 cm³/mol. The first-order chi connectivity index (χ1) is 33.7. The van der Waals surface area contributed by atoms with E-state index < -0.39 is 67.4 Å². The van der Waals surface area contributed by atoms with Crippen molar-refractivity contribution in [3.63, 3.8) is 0 Å². The first kappa shape index (κ1) is 63.9. The predicted octanol–water partition coefficient (Wildman–Crippen LogP) is 11.8. The van der Waals surface area contributed by atoms with Crippen molar-refractivity contribution in [2.75, 3.05) is 13.2 Å². The zero-order chi connectivity index (χ0) is 50.4. The molecule has 0 spiro atoms. The van der Waals surface area contributed by atoms with Crippen LogP contribution in [0.2, 0.25) is 0 Å². The number of rotatable bonds is 44. The van der Waals surface area contributed by atoms with Gasteiger partial charge in [0.1, 0.15) is 24.4 Å². The summed E-state index contributed by atoms with van der Waals surface area (Å²) < 4.78 is 17.5. The quantitative estimate of drug-likeness (QED) is 0.0149. The van der Waals surface area contributed by atoms with Crippen molar-refractivity contribution in [2.45, 2.75) is 256 Å². The molecule has 6 N–H and O–H groups in total. The average molecular weight is 970 g/mol. The van der Waals surface area contributed by atoms with Crippen LogP contribution in [-0.4, -0.2) is 99.6 Å². The molecule has 0 aromatic heterocycles. The number of carbonyl (C=O) groups excluding carboxylic acids is 2. The Morgan fingerprint density at radius 3 is 1.57 bits per heavy atom. The highest BCUT2D eigenvalue weighted by molar-refractivity contribution is 5.80. The molecule has 1 heterocycles. The second kappa shape index (κ2) is 45.9. The molecule has 396 valence electrons. The van der Waals surface area contributed by atoms with Crippen molar-refractivity contribution in [3.8, 4) is 0 Å². The van der Waals surface area contributed by atoms with E-state index in [0.717, 1.165) is 64.2 Å². The minimum absolute atomic E-state index is 0.0692. The van der Waals surface area contributed by atoms with Crippen LogP contribution in [-0.2, 0) is 23.8 Å². The van der Waals surface area contributed by atoms with Crippen LogP contribution >= 0.6 is 0 Å². The largest absolute Gasteiger partial charge is 0.454 e. The molecule has 0 saturated carbocycles. The summed E-state index contributed by atoms with van der Waals surface area (Å²) in [7, 11) is 0. The fourth-order valence-electron chi connectivity index (χ4n) is 8.09. The molecule has 1 saturated heterocycles. The van der Waals surface area contributed by atoms with E-state index in [1.54, 1.807) is 6.08 Å². The van der Waals surface area contributed by atoms with E-state index in [1.807, 2.05) is 66.8 Å². The molecule has 11 heteroatoms. The van der Waals surface area contributed by atoms with Crippen LogP contribution in [0.5, 0.6) is 0 Å². The van der Waals surface area contributed by atoms with E-state index >= 15 is 0 Å². The summed E-state index contributed by atoms with van der Waals surface area (Å²) in [5.41, 5.74) is 0. The van der Waals surface area contributed by atoms with Gasteiger partial charge in [0.2, 0.25) is 5.91 Å². The summed E-state index contributed by atoms with van der Waals surface area (Å²) in [6, 6.07) is -1.03. The van der Waals surface area contributed by atoms with Gasteiger partial charge >= 0.3 is 5.97 Å². The Morgan fingerprint density at radius 2 is 1.04 bits per heavy atom. The molecule has 1 fully saturated rings. The van der Waals surface area contributed by atoms with Gasteiger partial charge in [-0.2, -0.15) is 0 Å². The molecule has 69 heavy (non-hydrogen) atoms. The minimum atomic E-state index is -1.63. The number of carbonyl (C=O) groups is 2. The normalized spacial score (nSPS) is 20.5. The summed E-state index contributed by atoms with van der Waals surface area (Å²) >= 11 is 0. The van der Waals surface area contributed by atoms with Crippen molar-refractivity contribution in [3.05, 3.63) is 85.1 Å². The Labute approximate surface area is 419 Å². The number of aliphatic hydroxyl groups is 5. The number of nitrogens with one attached hydrogen (secondary N) is 1. The van der Waals surface area contributed by atoms with Gasteiger partial charge in [0.15, 0.2) is 12.4 Å². The molecule has 0 radical (unpaired) electrons. The van der Waals surface area contributed by atoms with E-state index in [1.165, 1.54) is 96.3 Å². The van der Waals surface area contributed by atoms with Gasteiger partial charge in [-0.1, -0.05) is 241 Å². The Kier molecular flexibility index (Phi) is 42.5. The molecule has 0 bridgehead atoms. The summed E-state index contributed by atoms with van der Waals surface area (Å²) in [4.78, 5) is 26.4. The van der Waals surface area contributed by atoms with Crippen LogP contribution in [0.4, 0.5) is 0 Å². The third-order valence-electron chi connectivity index (χ3n) is 12.5. The fraction of sp³-hybridized carbons (Fsp3) is 0.724. The van der Waals surface area contributed by atoms with E-state index in [0.29, 0.717) is 12.8 Å². The highest BCUT2D eigenvalue weighted by atomic mass is 16.7. The Morgan fingerprint density at radius 1 is 0.580 bits per heavy atom. The number of hydrogen-bond donors (Lipinski definition) is 6. The molecular weight excluding hydrogens is 871 g/mol. The maximum absolute atomic E-state index is 13.3. The van der Waals surface area contributed by atoms with E-state index in [2.05, 4.69) is 38.2 Å². The second-order valence-corrected chi connectivity index (χ2v) is 18.7. The molecule has 1 aliphatic heterocycles. The van der Waals surface area contributed by atoms with Gasteiger partial charge in [0.25, 0.3) is 0 Å². The third-order valence-corrected chi connectivity index (χ3v) is 12.5. The summed E-state index contributed by atoms with van der Waals surface area (Å²) in [6.45, 7) is 5.58. The Bertz CT molecular complexity index is 1440. The summed E-state index contributed by atoms with van der Waals surface area (Å²) in [5.74, 6) is -1.25. The average Bonchev–Trinajstić information content (AvgIpc) is 3.34. The van der Waals surface area contributed by atoms with E-state index in [9.17, 15) is 35.1 Å². The molecule has 1 amide bonds. The first-order valence-corrected chi connectivity index (χ1v) is 27.4. The van der Waals surface area contributed by atoms with Crippen LogP contribution in [0, 0.1) is 0 Å². The SMILES string of the molecule is CC\C=C/C=C/C=C/C=C\C=C\C=C\CCCCCC(=O)OC1C(OCC(NC(=O)C(O)CCCCCCCCCCCCCC)C(O)/C=C/CCCCCCCCCCC)OC(CO)C(O)C1O. The molecule has 8 unspecified atom stereocenters. The van der Waals surface area contributed by atoms with Gasteiger partial charge < -0.3 is 45.1 Å². The van der Waals surface area contributed by atoms with Gasteiger partial charge in [-0.25, -0.2) is 0 Å². The number of unbranched alkanes of at least 4 members (excludes halogenated alkanes) is 23. The van der Waals surface area contributed by atoms with Gasteiger partial charge in [-0.3, -0.25) is 9.59 Å². The number of amides is 1. The van der Waals surface area contributed by atoms with Crippen LogP contribution in [0.15, 0.2) is 85.1 Å². The van der Waals surface area contributed by atoms with Crippen LogP contribution in [0.25, 0.3) is 0 Å². The summed E-state index contributed by atoms with van der Waals surface area (Å²) in [5, 5.41) is 56.7. The lowest BCUT2D eigenvalue weighted by Crippen LogP contribution is -2.61. The highest BCUT2D eigenvalue weighted by Gasteiger charge is 2.47. The van der Waals surface area contributed by atoms with Crippen LogP contribution < -0.4 is 5.32 Å². The number of aliphatic hydroxyl groups excluding tert-OH is 5. The molecule has 8 atom stereocenters. The molecule has 1 aliphatic rings. The Balaban J connectivity index is 2.78. The lowest BCUT2D eigenvalue weighted by atomic mass is 9.99. The monoisotopic (exact) mass is 970 g/mol. The minimum Gasteiger partial charge on any atom is -0.454 e. The molecule has 0 aliphatic carbocycles. The zero-order valence-electron chi connectivity index (χ0n) is 43.4. The van der Waals surface area contributed by atoms with E-state index in [4.69, 9.17) is 14.2 Å². The number of hydrogen-bond acceptors (Lipinski definition) is 10. The lowest BCUT2D eigenvalue weighted by Gasteiger charge is -2.41. The zero-order valence-corrected chi connectivity index (χ0v) is 43.4. The van der Waals surface area contributed by atoms with Crippen molar-refractivity contribution in [1.29, 1.82) is 0 Å². The highest BCUT2D eigenvalue weighted by Crippen LogP contribution is 2.26. The second-order valence-electron chi connectivity index (χ2n) is 18.7. The standard InChI is InChI=1S/C58H99NO10/c1-4-7-10-13-16-19-22-24-25-26-27-28-31-34-37-40-43-46-53(63)69-56-55(65)54(64)52(47-60)68-58(56)67-48-49(50(61)44-41-38-35-32-29-21-18-15-12-9-6-3)59-57(66)51(62)45-42-39-36-33-30-23-20-17-14-11-8-5-2/h7,10,13,16,19,22,24-28,31,41,44,49-52,54-56,58,60-62,64-65H,4-6,8-9,11-12,14-15,17-18,20-21,23,29-30,32-40,42-43,45-48H2,1-3H3,(H,59,66)/b10-7-,16-13+,22-19+,25-24-,27-26+,31-28+,44-41+. The van der Waals surface area contributed by atoms with E-state index in [-0.39, 0.29) is 19.4 Å². The lowest BCUT2D eigenvalue weighted by molar-refractivity contribution is -0.305. The van der Waals surface area contributed by atoms with Gasteiger partial charge in [-0.15, -0.1) is 0 Å². The fourth-order valence-corrected chi connectivity index (χ4v) is 8.09. The van der Waals surface area contributed by atoms with Crippen LogP contribution in [0.1, 0.15) is 207 Å². The molecule has 11 nitrogen and oxygen atoms in total. The maximum Gasteiger partial charge on any atom is 0.306 e. The summed E-state index contributed by atoms with van der Waals surface area (Å²) in [6.07, 6.45) is 47.7. The van der Waals surface area contributed by atoms with Gasteiger partial charge in [0.05, 0.1) is 25.4 Å². The van der Waals surface area contributed by atoms with Crippen molar-refractivity contribution in [1.82, 2.24) is 5.32 Å². The first-order valence-electron chi connectivity index (χ1n) is 27.4. The Hall–Kier alpha value is -3.16. The molecular formula is C58H99NO10. The smallest absolute Gasteiger partial charge is 0.306 e. The maximum atomic E-state index is 13.3. The van der Waals surface area contributed by atoms with Crippen molar-refractivity contribution < 1.29 is 49.3 Å².